The molecule has 2 aromatic heterocycles. The van der Waals surface area contributed by atoms with Crippen LogP contribution in [0.3, 0.4) is 0 Å². The van der Waals surface area contributed by atoms with Gasteiger partial charge in [0.15, 0.2) is 0 Å². The summed E-state index contributed by atoms with van der Waals surface area (Å²) in [5.41, 5.74) is 2.58. The normalized spacial score (nSPS) is 14.2. The van der Waals surface area contributed by atoms with Crippen LogP contribution in [0.2, 0.25) is 0 Å². The Balaban J connectivity index is 1.45. The molecule has 1 saturated carbocycles. The molecular weight excluding hydrogens is 366 g/mol. The fraction of sp³-hybridized carbons (Fsp3) is 0.273. The minimum Gasteiger partial charge on any atom is -0.350 e. The molecule has 7 heteroatoms. The molecule has 1 aliphatic carbocycles. The monoisotopic (exact) mass is 389 g/mol. The van der Waals surface area contributed by atoms with Gasteiger partial charge >= 0.3 is 0 Å². The minimum atomic E-state index is -0.151. The number of nitrogens with one attached hydrogen (secondary N) is 2. The van der Waals surface area contributed by atoms with Gasteiger partial charge < -0.3 is 15.2 Å². The summed E-state index contributed by atoms with van der Waals surface area (Å²) >= 11 is 0. The summed E-state index contributed by atoms with van der Waals surface area (Å²) in [6.45, 7) is 2.51. The number of carbonyl (C=O) groups excluding carboxylic acids is 2. The highest BCUT2D eigenvalue weighted by atomic mass is 16.2. The summed E-state index contributed by atoms with van der Waals surface area (Å²) < 4.78 is 1.94. The van der Waals surface area contributed by atoms with Crippen LogP contribution in [0.25, 0.3) is 11.3 Å². The highest BCUT2D eigenvalue weighted by Gasteiger charge is 2.24. The molecule has 2 amide bonds. The van der Waals surface area contributed by atoms with E-state index in [4.69, 9.17) is 0 Å². The van der Waals surface area contributed by atoms with Gasteiger partial charge in [0.25, 0.3) is 11.8 Å². The minimum absolute atomic E-state index is 0.0847. The molecule has 1 unspecified atom stereocenters. The van der Waals surface area contributed by atoms with Gasteiger partial charge in [-0.2, -0.15) is 0 Å². The Morgan fingerprint density at radius 1 is 1.14 bits per heavy atom. The molecule has 1 atom stereocenters. The summed E-state index contributed by atoms with van der Waals surface area (Å²) in [5, 5.41) is 5.93. The fourth-order valence-electron chi connectivity index (χ4n) is 3.02. The molecule has 148 valence electrons. The smallest absolute Gasteiger partial charge is 0.251 e. The number of aromatic nitrogens is 3. The van der Waals surface area contributed by atoms with E-state index in [-0.39, 0.29) is 17.9 Å². The van der Waals surface area contributed by atoms with E-state index in [1.807, 2.05) is 29.8 Å². The van der Waals surface area contributed by atoms with E-state index < -0.39 is 0 Å². The van der Waals surface area contributed by atoms with Crippen molar-refractivity contribution in [2.24, 2.45) is 0 Å². The van der Waals surface area contributed by atoms with Crippen molar-refractivity contribution in [3.05, 3.63) is 72.4 Å². The first kappa shape index (κ1) is 18.9. The van der Waals surface area contributed by atoms with Crippen LogP contribution in [-0.2, 0) is 0 Å². The maximum Gasteiger partial charge on any atom is 0.251 e. The van der Waals surface area contributed by atoms with Crippen LogP contribution in [0.15, 0.2) is 61.3 Å². The van der Waals surface area contributed by atoms with Gasteiger partial charge in [0.05, 0.1) is 12.0 Å². The highest BCUT2D eigenvalue weighted by Crippen LogP contribution is 2.22. The molecule has 29 heavy (non-hydrogen) atoms. The average Bonchev–Trinajstić information content (AvgIpc) is 3.39. The van der Waals surface area contributed by atoms with Crippen molar-refractivity contribution in [3.63, 3.8) is 0 Å². The zero-order chi connectivity index (χ0) is 20.2. The average molecular weight is 389 g/mol. The van der Waals surface area contributed by atoms with Crippen molar-refractivity contribution < 1.29 is 9.59 Å². The largest absolute Gasteiger partial charge is 0.350 e. The van der Waals surface area contributed by atoms with Crippen molar-refractivity contribution in [1.82, 2.24) is 25.2 Å². The number of hydrogen-bond acceptors (Lipinski definition) is 4. The van der Waals surface area contributed by atoms with Crippen LogP contribution in [0.1, 0.15) is 46.5 Å². The van der Waals surface area contributed by atoms with Crippen LogP contribution >= 0.6 is 0 Å². The summed E-state index contributed by atoms with van der Waals surface area (Å²) in [6, 6.07) is 11.1. The van der Waals surface area contributed by atoms with Crippen LogP contribution in [-0.4, -0.2) is 38.9 Å². The lowest BCUT2D eigenvalue weighted by Gasteiger charge is -2.14. The molecule has 0 radical (unpaired) electrons. The van der Waals surface area contributed by atoms with Gasteiger partial charge in [-0.25, -0.2) is 4.98 Å². The van der Waals surface area contributed by atoms with E-state index in [2.05, 4.69) is 20.6 Å². The van der Waals surface area contributed by atoms with E-state index >= 15 is 0 Å². The topological polar surface area (TPSA) is 88.9 Å². The van der Waals surface area contributed by atoms with Crippen molar-refractivity contribution in [2.45, 2.75) is 31.8 Å². The predicted octanol–water partition coefficient (Wildman–Crippen LogP) is 2.83. The molecule has 1 aromatic carbocycles. The van der Waals surface area contributed by atoms with Crippen LogP contribution in [0.4, 0.5) is 0 Å². The van der Waals surface area contributed by atoms with Gasteiger partial charge in [0.1, 0.15) is 0 Å². The lowest BCUT2D eigenvalue weighted by molar-refractivity contribution is 0.0941. The van der Waals surface area contributed by atoms with Crippen LogP contribution in [0, 0.1) is 0 Å². The third-order valence-electron chi connectivity index (χ3n) is 4.95. The Kier molecular flexibility index (Phi) is 5.37. The van der Waals surface area contributed by atoms with E-state index in [0.29, 0.717) is 29.4 Å². The summed E-state index contributed by atoms with van der Waals surface area (Å²) in [6.07, 6.45) is 9.02. The van der Waals surface area contributed by atoms with Gasteiger partial charge in [-0.1, -0.05) is 12.1 Å². The predicted molar refractivity (Wildman–Crippen MR) is 109 cm³/mol. The second kappa shape index (κ2) is 8.26. The Hall–Kier alpha value is -3.48. The second-order valence-corrected chi connectivity index (χ2v) is 7.33. The maximum absolute atomic E-state index is 12.6. The number of pyridine rings is 1. The molecule has 3 aromatic rings. The molecule has 4 rings (SSSR count). The maximum atomic E-state index is 12.6. The van der Waals surface area contributed by atoms with E-state index in [9.17, 15) is 9.59 Å². The Morgan fingerprint density at radius 3 is 2.72 bits per heavy atom. The molecule has 7 nitrogen and oxygen atoms in total. The number of imidazole rings is 1. The van der Waals surface area contributed by atoms with Gasteiger partial charge in [-0.3, -0.25) is 14.6 Å². The Morgan fingerprint density at radius 2 is 1.97 bits per heavy atom. The van der Waals surface area contributed by atoms with E-state index in [1.54, 1.807) is 43.0 Å². The van der Waals surface area contributed by atoms with Crippen LogP contribution in [0.5, 0.6) is 0 Å². The number of nitrogens with zero attached hydrogens (tertiary/aromatic N) is 3. The Bertz CT molecular complexity index is 1010. The van der Waals surface area contributed by atoms with Gasteiger partial charge in [-0.15, -0.1) is 0 Å². The van der Waals surface area contributed by atoms with Gasteiger partial charge in [0, 0.05) is 53.9 Å². The quantitative estimate of drug-likeness (QED) is 0.650. The van der Waals surface area contributed by atoms with E-state index in [0.717, 1.165) is 18.4 Å². The molecule has 0 aliphatic heterocycles. The first-order valence-electron chi connectivity index (χ1n) is 9.73. The zero-order valence-corrected chi connectivity index (χ0v) is 16.2. The number of benzene rings is 1. The molecule has 2 heterocycles. The third kappa shape index (κ3) is 4.68. The molecule has 1 aliphatic rings. The standard InChI is InChI=1S/C22H23N5O2/c1-15(27-10-9-23-14-27)13-25-21(28)17-4-2-3-16(11-17)20-12-18(7-8-24-20)22(29)26-19-5-6-19/h2-4,7-12,14-15,19H,5-6,13H2,1H3,(H,25,28)(H,26,29). The van der Waals surface area contributed by atoms with Crippen molar-refractivity contribution in [1.29, 1.82) is 0 Å². The molecule has 0 saturated heterocycles. The molecule has 1 fully saturated rings. The van der Waals surface area contributed by atoms with Crippen molar-refractivity contribution in [2.75, 3.05) is 6.54 Å². The fourth-order valence-corrected chi connectivity index (χ4v) is 3.02. The summed E-state index contributed by atoms with van der Waals surface area (Å²) in [5.74, 6) is -0.236. The number of hydrogen-bond donors (Lipinski definition) is 2. The molecule has 0 spiro atoms. The SMILES string of the molecule is CC(CNC(=O)c1cccc(-c2cc(C(=O)NC3CC3)ccn2)c1)n1ccnc1. The zero-order valence-electron chi connectivity index (χ0n) is 16.2. The van der Waals surface area contributed by atoms with Gasteiger partial charge in [-0.05, 0) is 44.0 Å². The Labute approximate surface area is 169 Å². The van der Waals surface area contributed by atoms with Crippen LogP contribution < -0.4 is 10.6 Å². The number of carbonyl (C=O) groups is 2. The lowest BCUT2D eigenvalue weighted by atomic mass is 10.1. The summed E-state index contributed by atoms with van der Waals surface area (Å²) in [4.78, 5) is 33.3. The molecule has 0 bridgehead atoms. The van der Waals surface area contributed by atoms with Crippen molar-refractivity contribution in [3.8, 4) is 11.3 Å². The second-order valence-electron chi connectivity index (χ2n) is 7.33. The van der Waals surface area contributed by atoms with Gasteiger partial charge in [0.2, 0.25) is 0 Å². The molecule has 2 N–H and O–H groups in total. The number of amides is 2. The van der Waals surface area contributed by atoms with Crippen molar-refractivity contribution >= 4 is 11.8 Å². The highest BCUT2D eigenvalue weighted by molar-refractivity contribution is 5.97. The third-order valence-corrected chi connectivity index (χ3v) is 4.95. The number of rotatable bonds is 7. The first-order chi connectivity index (χ1) is 14.1. The first-order valence-corrected chi connectivity index (χ1v) is 9.73. The summed E-state index contributed by atoms with van der Waals surface area (Å²) in [7, 11) is 0. The molecular formula is C22H23N5O2. The lowest BCUT2D eigenvalue weighted by Crippen LogP contribution is -2.29. The van der Waals surface area contributed by atoms with E-state index in [1.165, 1.54) is 0 Å².